The van der Waals surface area contributed by atoms with Crippen molar-refractivity contribution in [1.29, 1.82) is 0 Å². The van der Waals surface area contributed by atoms with Crippen molar-refractivity contribution in [2.45, 2.75) is 39.5 Å². The predicted molar refractivity (Wildman–Crippen MR) is 66.4 cm³/mol. The molecule has 4 nitrogen and oxygen atoms in total. The molecule has 17 heavy (non-hydrogen) atoms. The zero-order valence-electron chi connectivity index (χ0n) is 10.7. The number of ether oxygens (including phenoxy) is 1. The molecule has 1 radical (unpaired) electrons. The van der Waals surface area contributed by atoms with Gasteiger partial charge in [-0.25, -0.2) is 4.98 Å². The maximum atomic E-state index is 5.38. The monoisotopic (exact) mass is 232 g/mol. The highest BCUT2D eigenvalue weighted by molar-refractivity contribution is 5.42. The van der Waals surface area contributed by atoms with Crippen molar-refractivity contribution in [3.63, 3.8) is 0 Å². The maximum absolute atomic E-state index is 5.38. The first-order chi connectivity index (χ1) is 8.31. The van der Waals surface area contributed by atoms with Gasteiger partial charge in [0.1, 0.15) is 6.20 Å². The number of aromatic nitrogens is 3. The quantitative estimate of drug-likeness (QED) is 0.795. The molecule has 0 amide bonds. The van der Waals surface area contributed by atoms with Crippen LogP contribution in [0, 0.1) is 6.20 Å². The van der Waals surface area contributed by atoms with Crippen LogP contribution in [0.15, 0.2) is 6.20 Å². The van der Waals surface area contributed by atoms with E-state index in [1.165, 1.54) is 11.3 Å². The van der Waals surface area contributed by atoms with Crippen LogP contribution < -0.4 is 4.74 Å². The smallest absolute Gasteiger partial charge is 0.237 e. The third-order valence-electron chi connectivity index (χ3n) is 2.85. The molecule has 0 fully saturated rings. The summed E-state index contributed by atoms with van der Waals surface area (Å²) in [5.41, 5.74) is 2.46. The third kappa shape index (κ3) is 2.12. The number of methoxy groups -OCH3 is 1. The minimum atomic E-state index is 0.671. The standard InChI is InChI=1S/C13H18N3O/c1-4-6-10-11(7-5-2)16-9-8-14-13(16)15-12(10)17-3/h9H,4-7H2,1-3H3. The van der Waals surface area contributed by atoms with E-state index in [1.54, 1.807) is 7.11 Å². The van der Waals surface area contributed by atoms with Crippen LogP contribution in [-0.4, -0.2) is 21.5 Å². The molecule has 0 aliphatic carbocycles. The van der Waals surface area contributed by atoms with Crippen LogP contribution in [-0.2, 0) is 12.8 Å². The second-order valence-electron chi connectivity index (χ2n) is 4.09. The Hall–Kier alpha value is -1.58. The largest absolute Gasteiger partial charge is 0.481 e. The molecule has 0 atom stereocenters. The average molecular weight is 232 g/mol. The number of aryl methyl sites for hydroxylation is 1. The average Bonchev–Trinajstić information content (AvgIpc) is 2.79. The Labute approximate surface area is 102 Å². The molecule has 0 aliphatic heterocycles. The number of imidazole rings is 1. The molecule has 0 unspecified atom stereocenters. The minimum absolute atomic E-state index is 0.671. The first-order valence-electron chi connectivity index (χ1n) is 6.12. The lowest BCUT2D eigenvalue weighted by molar-refractivity contribution is 0.390. The van der Waals surface area contributed by atoms with Crippen LogP contribution in [0.2, 0.25) is 0 Å². The Bertz CT molecular complexity index is 505. The molecule has 2 rings (SSSR count). The van der Waals surface area contributed by atoms with Gasteiger partial charge in [-0.2, -0.15) is 4.98 Å². The molecule has 0 aromatic carbocycles. The van der Waals surface area contributed by atoms with Crippen LogP contribution in [0.3, 0.4) is 0 Å². The van der Waals surface area contributed by atoms with Gasteiger partial charge in [-0.05, 0) is 12.8 Å². The van der Waals surface area contributed by atoms with Crippen LogP contribution >= 0.6 is 0 Å². The van der Waals surface area contributed by atoms with Crippen molar-refractivity contribution in [3.8, 4) is 5.88 Å². The molecule has 2 heterocycles. The Balaban J connectivity index is 2.65. The predicted octanol–water partition coefficient (Wildman–Crippen LogP) is 2.44. The van der Waals surface area contributed by atoms with Crippen LogP contribution in [0.1, 0.15) is 37.9 Å². The first kappa shape index (κ1) is 11.9. The summed E-state index contributed by atoms with van der Waals surface area (Å²) < 4.78 is 7.41. The Morgan fingerprint density at radius 3 is 2.71 bits per heavy atom. The lowest BCUT2D eigenvalue weighted by atomic mass is 10.1. The molecule has 2 aromatic rings. The molecular formula is C13H18N3O. The number of rotatable bonds is 5. The second kappa shape index (κ2) is 5.17. The first-order valence-corrected chi connectivity index (χ1v) is 6.12. The summed E-state index contributed by atoms with van der Waals surface area (Å²) in [6, 6.07) is 0. The van der Waals surface area contributed by atoms with E-state index in [4.69, 9.17) is 4.74 Å². The highest BCUT2D eigenvalue weighted by atomic mass is 16.5. The van der Waals surface area contributed by atoms with E-state index in [1.807, 2.05) is 10.6 Å². The third-order valence-corrected chi connectivity index (χ3v) is 2.85. The SMILES string of the molecule is CCCc1c(OC)nc2n[c]cn2c1CCC. The molecule has 4 heteroatoms. The molecule has 0 spiro atoms. The Kier molecular flexibility index (Phi) is 3.61. The Morgan fingerprint density at radius 2 is 2.06 bits per heavy atom. The molecule has 0 bridgehead atoms. The van der Waals surface area contributed by atoms with Crippen molar-refractivity contribution in [3.05, 3.63) is 23.7 Å². The zero-order chi connectivity index (χ0) is 12.3. The van der Waals surface area contributed by atoms with Crippen molar-refractivity contribution >= 4 is 5.78 Å². The minimum Gasteiger partial charge on any atom is -0.481 e. The fourth-order valence-corrected chi connectivity index (χ4v) is 2.14. The van der Waals surface area contributed by atoms with Crippen LogP contribution in [0.25, 0.3) is 5.78 Å². The fraction of sp³-hybridized carbons (Fsp3) is 0.538. The molecule has 0 aliphatic rings. The van der Waals surface area contributed by atoms with Gasteiger partial charge in [0.25, 0.3) is 0 Å². The van der Waals surface area contributed by atoms with Crippen LogP contribution in [0.4, 0.5) is 0 Å². The zero-order valence-corrected chi connectivity index (χ0v) is 10.7. The maximum Gasteiger partial charge on any atom is 0.237 e. The van der Waals surface area contributed by atoms with E-state index in [0.717, 1.165) is 25.7 Å². The number of fused-ring (bicyclic) bond motifs is 1. The van der Waals surface area contributed by atoms with Crippen molar-refractivity contribution < 1.29 is 4.74 Å². The van der Waals surface area contributed by atoms with Gasteiger partial charge in [-0.3, -0.25) is 4.40 Å². The van der Waals surface area contributed by atoms with Gasteiger partial charge < -0.3 is 4.74 Å². The summed E-state index contributed by atoms with van der Waals surface area (Å²) in [6.45, 7) is 4.34. The molecule has 0 N–H and O–H groups in total. The highest BCUT2D eigenvalue weighted by Crippen LogP contribution is 2.24. The van der Waals surface area contributed by atoms with E-state index in [2.05, 4.69) is 30.0 Å². The van der Waals surface area contributed by atoms with Gasteiger partial charge in [-0.1, -0.05) is 26.7 Å². The summed E-state index contributed by atoms with van der Waals surface area (Å²) in [4.78, 5) is 8.53. The van der Waals surface area contributed by atoms with Gasteiger partial charge in [0.15, 0.2) is 0 Å². The van der Waals surface area contributed by atoms with Crippen molar-refractivity contribution in [2.75, 3.05) is 7.11 Å². The lowest BCUT2D eigenvalue weighted by Crippen LogP contribution is -2.07. The van der Waals surface area contributed by atoms with Crippen LogP contribution in [0.5, 0.6) is 5.88 Å². The summed E-state index contributed by atoms with van der Waals surface area (Å²) in [7, 11) is 1.67. The van der Waals surface area contributed by atoms with Gasteiger partial charge in [-0.15, -0.1) is 0 Å². The summed E-state index contributed by atoms with van der Waals surface area (Å²) in [5.74, 6) is 1.38. The molecular weight excluding hydrogens is 214 g/mol. The Morgan fingerprint density at radius 1 is 1.29 bits per heavy atom. The summed E-state index contributed by atoms with van der Waals surface area (Å²) in [6.07, 6.45) is 8.88. The van der Waals surface area contributed by atoms with Crippen molar-refractivity contribution in [2.24, 2.45) is 0 Å². The van der Waals surface area contributed by atoms with Gasteiger partial charge >= 0.3 is 0 Å². The summed E-state index contributed by atoms with van der Waals surface area (Å²) in [5, 5.41) is 0. The lowest BCUT2D eigenvalue weighted by Gasteiger charge is -2.14. The molecule has 2 aromatic heterocycles. The van der Waals surface area contributed by atoms with Gasteiger partial charge in [0.2, 0.25) is 11.7 Å². The van der Waals surface area contributed by atoms with E-state index in [-0.39, 0.29) is 0 Å². The van der Waals surface area contributed by atoms with E-state index >= 15 is 0 Å². The molecule has 0 saturated carbocycles. The fourth-order valence-electron chi connectivity index (χ4n) is 2.14. The van der Waals surface area contributed by atoms with E-state index < -0.39 is 0 Å². The number of nitrogens with zero attached hydrogens (tertiary/aromatic N) is 3. The summed E-state index contributed by atoms with van der Waals surface area (Å²) >= 11 is 0. The van der Waals surface area contributed by atoms with Crippen molar-refractivity contribution in [1.82, 2.24) is 14.4 Å². The van der Waals surface area contributed by atoms with Gasteiger partial charge in [0.05, 0.1) is 7.11 Å². The van der Waals surface area contributed by atoms with Gasteiger partial charge in [0, 0.05) is 17.5 Å². The highest BCUT2D eigenvalue weighted by Gasteiger charge is 2.14. The molecule has 91 valence electrons. The van der Waals surface area contributed by atoms with E-state index in [9.17, 15) is 0 Å². The van der Waals surface area contributed by atoms with E-state index in [0.29, 0.717) is 11.7 Å². The number of hydrogen-bond acceptors (Lipinski definition) is 3. The molecule has 0 saturated heterocycles. The number of hydrogen-bond donors (Lipinski definition) is 0. The topological polar surface area (TPSA) is 39.4 Å². The second-order valence-corrected chi connectivity index (χ2v) is 4.09. The normalized spacial score (nSPS) is 11.0.